The summed E-state index contributed by atoms with van der Waals surface area (Å²) in [5, 5.41) is 0.800. The van der Waals surface area contributed by atoms with Gasteiger partial charge in [-0.25, -0.2) is 0 Å². The summed E-state index contributed by atoms with van der Waals surface area (Å²) in [7, 11) is 2.00. The van der Waals surface area contributed by atoms with Gasteiger partial charge in [0.15, 0.2) is 0 Å². The summed E-state index contributed by atoms with van der Waals surface area (Å²) in [4.78, 5) is 19.6. The van der Waals surface area contributed by atoms with E-state index in [4.69, 9.17) is 11.6 Å². The molecule has 26 heavy (non-hydrogen) atoms. The Hall–Kier alpha value is -1.26. The maximum absolute atomic E-state index is 12.7. The van der Waals surface area contributed by atoms with Crippen LogP contribution in [0.1, 0.15) is 39.5 Å². The van der Waals surface area contributed by atoms with Gasteiger partial charge in [-0.15, -0.1) is 0 Å². The summed E-state index contributed by atoms with van der Waals surface area (Å²) < 4.78 is 0. The van der Waals surface area contributed by atoms with E-state index in [1.807, 2.05) is 30.1 Å². The van der Waals surface area contributed by atoms with E-state index < -0.39 is 0 Å². The maximum Gasteiger partial charge on any atom is 0.228 e. The minimum Gasteiger partial charge on any atom is -0.369 e. The number of amides is 1. The first-order valence-corrected chi connectivity index (χ1v) is 10.4. The fraction of sp³-hybridized carbons (Fsp3) is 0.667. The second kappa shape index (κ2) is 8.18. The zero-order valence-electron chi connectivity index (χ0n) is 16.4. The van der Waals surface area contributed by atoms with E-state index in [1.165, 1.54) is 5.69 Å². The molecular formula is C21H32ClN3O. The van der Waals surface area contributed by atoms with Gasteiger partial charge in [-0.1, -0.05) is 31.5 Å². The molecule has 0 aromatic heterocycles. The Bertz CT molecular complexity index is 623. The van der Waals surface area contributed by atoms with E-state index in [0.29, 0.717) is 11.9 Å². The standard InChI is InChI=1S/C21H32ClN3O/c1-4-21(5-2)16-19(23(3)20(21)26)9-10-24-11-13-25(14-12-24)18-8-6-7-17(22)15-18/h6-8,15,19H,4-5,9-14,16H2,1-3H3. The Morgan fingerprint density at radius 3 is 2.42 bits per heavy atom. The van der Waals surface area contributed by atoms with Gasteiger partial charge in [0.25, 0.3) is 0 Å². The van der Waals surface area contributed by atoms with E-state index in [0.717, 1.165) is 63.4 Å². The van der Waals surface area contributed by atoms with Crippen LogP contribution in [0, 0.1) is 5.41 Å². The van der Waals surface area contributed by atoms with Crippen molar-refractivity contribution >= 4 is 23.2 Å². The van der Waals surface area contributed by atoms with Crippen LogP contribution in [-0.4, -0.2) is 61.5 Å². The Kier molecular flexibility index (Phi) is 6.13. The van der Waals surface area contributed by atoms with Gasteiger partial charge in [0.2, 0.25) is 5.91 Å². The fourth-order valence-electron chi connectivity index (χ4n) is 4.59. The van der Waals surface area contributed by atoms with Crippen molar-refractivity contribution in [1.29, 1.82) is 0 Å². The molecule has 1 unspecified atom stereocenters. The second-order valence-electron chi connectivity index (χ2n) is 7.86. The molecule has 2 aliphatic rings. The van der Waals surface area contributed by atoms with E-state index >= 15 is 0 Å². The van der Waals surface area contributed by atoms with E-state index in [2.05, 4.69) is 29.7 Å². The van der Waals surface area contributed by atoms with Crippen molar-refractivity contribution in [2.75, 3.05) is 44.7 Å². The third kappa shape index (κ3) is 3.86. The maximum atomic E-state index is 12.7. The largest absolute Gasteiger partial charge is 0.369 e. The molecule has 3 rings (SSSR count). The number of carbonyl (C=O) groups is 1. The van der Waals surface area contributed by atoms with Crippen LogP contribution in [0.3, 0.4) is 0 Å². The molecule has 0 N–H and O–H groups in total. The minimum atomic E-state index is -0.106. The van der Waals surface area contributed by atoms with Crippen molar-refractivity contribution in [3.05, 3.63) is 29.3 Å². The van der Waals surface area contributed by atoms with E-state index in [-0.39, 0.29) is 5.41 Å². The summed E-state index contributed by atoms with van der Waals surface area (Å²) in [5.74, 6) is 0.360. The summed E-state index contributed by atoms with van der Waals surface area (Å²) in [6, 6.07) is 8.52. The van der Waals surface area contributed by atoms with Gasteiger partial charge in [0.05, 0.1) is 5.41 Å². The highest BCUT2D eigenvalue weighted by Gasteiger charge is 2.47. The third-order valence-electron chi connectivity index (χ3n) is 6.63. The van der Waals surface area contributed by atoms with E-state index in [1.54, 1.807) is 0 Å². The molecule has 1 aromatic carbocycles. The normalized spacial score (nSPS) is 23.7. The van der Waals surface area contributed by atoms with Crippen LogP contribution in [0.4, 0.5) is 5.69 Å². The fourth-order valence-corrected chi connectivity index (χ4v) is 4.77. The minimum absolute atomic E-state index is 0.106. The predicted octanol–water partition coefficient (Wildman–Crippen LogP) is 3.89. The Balaban J connectivity index is 1.49. The third-order valence-corrected chi connectivity index (χ3v) is 6.86. The molecule has 2 saturated heterocycles. The zero-order chi connectivity index (χ0) is 18.7. The number of benzene rings is 1. The van der Waals surface area contributed by atoms with Gasteiger partial charge in [-0.2, -0.15) is 0 Å². The lowest BCUT2D eigenvalue weighted by molar-refractivity contribution is -0.136. The van der Waals surface area contributed by atoms with Gasteiger partial charge in [0, 0.05) is 56.5 Å². The van der Waals surface area contributed by atoms with Crippen LogP contribution in [0.15, 0.2) is 24.3 Å². The lowest BCUT2D eigenvalue weighted by Crippen LogP contribution is -2.47. The lowest BCUT2D eigenvalue weighted by atomic mass is 9.79. The van der Waals surface area contributed by atoms with Gasteiger partial charge < -0.3 is 9.80 Å². The molecule has 1 aromatic rings. The van der Waals surface area contributed by atoms with Crippen molar-refractivity contribution < 1.29 is 4.79 Å². The molecule has 1 amide bonds. The van der Waals surface area contributed by atoms with E-state index in [9.17, 15) is 4.79 Å². The van der Waals surface area contributed by atoms with Crippen molar-refractivity contribution in [3.8, 4) is 0 Å². The molecule has 4 nitrogen and oxygen atoms in total. The topological polar surface area (TPSA) is 26.8 Å². The number of hydrogen-bond donors (Lipinski definition) is 0. The average molecular weight is 378 g/mol. The number of likely N-dealkylation sites (tertiary alicyclic amines) is 1. The summed E-state index contributed by atoms with van der Waals surface area (Å²) in [6.45, 7) is 9.61. The molecule has 2 heterocycles. The van der Waals surface area contributed by atoms with Crippen LogP contribution in [0.5, 0.6) is 0 Å². The van der Waals surface area contributed by atoms with Gasteiger partial charge >= 0.3 is 0 Å². The molecule has 0 bridgehead atoms. The smallest absolute Gasteiger partial charge is 0.228 e. The van der Waals surface area contributed by atoms with Crippen LogP contribution in [0.25, 0.3) is 0 Å². The lowest BCUT2D eigenvalue weighted by Gasteiger charge is -2.36. The highest BCUT2D eigenvalue weighted by Crippen LogP contribution is 2.42. The monoisotopic (exact) mass is 377 g/mol. The highest BCUT2D eigenvalue weighted by molar-refractivity contribution is 6.30. The van der Waals surface area contributed by atoms with Crippen molar-refractivity contribution in [2.45, 2.75) is 45.6 Å². The molecule has 0 radical (unpaired) electrons. The van der Waals surface area contributed by atoms with Crippen LogP contribution < -0.4 is 4.90 Å². The van der Waals surface area contributed by atoms with Crippen LogP contribution in [-0.2, 0) is 4.79 Å². The first-order valence-electron chi connectivity index (χ1n) is 9.99. The zero-order valence-corrected chi connectivity index (χ0v) is 17.1. The molecule has 1 atom stereocenters. The highest BCUT2D eigenvalue weighted by atomic mass is 35.5. The molecule has 0 saturated carbocycles. The van der Waals surface area contributed by atoms with Gasteiger partial charge in [-0.05, 0) is 43.9 Å². The second-order valence-corrected chi connectivity index (χ2v) is 8.30. The first-order chi connectivity index (χ1) is 12.5. The summed E-state index contributed by atoms with van der Waals surface area (Å²) in [6.07, 6.45) is 4.03. The molecule has 144 valence electrons. The number of piperazine rings is 1. The van der Waals surface area contributed by atoms with Crippen molar-refractivity contribution in [1.82, 2.24) is 9.80 Å². The summed E-state index contributed by atoms with van der Waals surface area (Å²) in [5.41, 5.74) is 1.11. The number of anilines is 1. The molecule has 2 aliphatic heterocycles. The van der Waals surface area contributed by atoms with Crippen molar-refractivity contribution in [3.63, 3.8) is 0 Å². The Labute approximate surface area is 163 Å². The predicted molar refractivity (Wildman–Crippen MR) is 109 cm³/mol. The van der Waals surface area contributed by atoms with Crippen LogP contribution in [0.2, 0.25) is 5.02 Å². The summed E-state index contributed by atoms with van der Waals surface area (Å²) >= 11 is 6.12. The number of rotatable bonds is 6. The van der Waals surface area contributed by atoms with Gasteiger partial charge in [0.1, 0.15) is 0 Å². The molecule has 0 spiro atoms. The van der Waals surface area contributed by atoms with Gasteiger partial charge in [-0.3, -0.25) is 9.69 Å². The number of halogens is 1. The molecule has 0 aliphatic carbocycles. The average Bonchev–Trinajstić information content (AvgIpc) is 2.92. The molecular weight excluding hydrogens is 346 g/mol. The number of nitrogens with zero attached hydrogens (tertiary/aromatic N) is 3. The Morgan fingerprint density at radius 1 is 1.15 bits per heavy atom. The van der Waals surface area contributed by atoms with Crippen molar-refractivity contribution in [2.24, 2.45) is 5.41 Å². The number of hydrogen-bond acceptors (Lipinski definition) is 3. The van der Waals surface area contributed by atoms with Crippen LogP contribution >= 0.6 is 11.6 Å². The number of carbonyl (C=O) groups excluding carboxylic acids is 1. The quantitative estimate of drug-likeness (QED) is 0.752. The SMILES string of the molecule is CCC1(CC)CC(CCN2CCN(c3cccc(Cl)c3)CC2)N(C)C1=O. The first kappa shape index (κ1) is 19.5. The molecule has 5 heteroatoms. The Morgan fingerprint density at radius 2 is 1.85 bits per heavy atom. The molecule has 2 fully saturated rings.